The van der Waals surface area contributed by atoms with Crippen LogP contribution in [0.1, 0.15) is 23.7 Å². The number of carbonyl (C=O) groups excluding carboxylic acids is 3. The number of nitrogens with zero attached hydrogens (tertiary/aromatic N) is 3. The molecule has 0 N–H and O–H groups in total. The normalized spacial score (nSPS) is 16.9. The lowest BCUT2D eigenvalue weighted by Crippen LogP contribution is -2.47. The smallest absolute Gasteiger partial charge is 0.271 e. The van der Waals surface area contributed by atoms with Gasteiger partial charge in [0.05, 0.1) is 22.8 Å². The minimum absolute atomic E-state index is 0.107. The fourth-order valence-corrected chi connectivity index (χ4v) is 3.79. The van der Waals surface area contributed by atoms with Crippen LogP contribution in [-0.2, 0) is 9.59 Å². The van der Waals surface area contributed by atoms with Crippen molar-refractivity contribution in [3.8, 4) is 11.5 Å². The summed E-state index contributed by atoms with van der Waals surface area (Å²) < 4.78 is 11.1. The summed E-state index contributed by atoms with van der Waals surface area (Å²) in [7, 11) is 0. The number of Topliss-reactive ketones (excluding diaryl/α,β-unsaturated/α-hetero) is 1. The van der Waals surface area contributed by atoms with Gasteiger partial charge in [-0.25, -0.2) is 0 Å². The van der Waals surface area contributed by atoms with E-state index in [9.17, 15) is 24.5 Å². The summed E-state index contributed by atoms with van der Waals surface area (Å²) in [6.07, 6.45) is 1.14. The van der Waals surface area contributed by atoms with E-state index >= 15 is 0 Å². The van der Waals surface area contributed by atoms with Crippen LogP contribution in [0.5, 0.6) is 11.5 Å². The number of hydrogen-bond acceptors (Lipinski definition) is 7. The Bertz CT molecular complexity index is 1180. The van der Waals surface area contributed by atoms with Crippen molar-refractivity contribution in [1.29, 1.82) is 0 Å². The minimum Gasteiger partial charge on any atom is -0.482 e. The van der Waals surface area contributed by atoms with Crippen LogP contribution in [-0.4, -0.2) is 48.3 Å². The molecular weight excluding hydrogens is 430 g/mol. The molecule has 10 nitrogen and oxygen atoms in total. The third-order valence-corrected chi connectivity index (χ3v) is 5.46. The van der Waals surface area contributed by atoms with Crippen molar-refractivity contribution in [1.82, 2.24) is 0 Å². The maximum atomic E-state index is 13.2. The van der Waals surface area contributed by atoms with E-state index in [1.54, 1.807) is 25.1 Å². The number of ether oxygens (including phenoxy) is 2. The zero-order chi connectivity index (χ0) is 23.7. The Balaban J connectivity index is 1.68. The maximum absolute atomic E-state index is 13.2. The van der Waals surface area contributed by atoms with Crippen LogP contribution in [0.3, 0.4) is 0 Å². The third-order valence-electron chi connectivity index (χ3n) is 5.46. The molecule has 170 valence electrons. The summed E-state index contributed by atoms with van der Waals surface area (Å²) in [4.78, 5) is 51.7. The number of ketones is 1. The van der Waals surface area contributed by atoms with Crippen LogP contribution in [0.2, 0.25) is 0 Å². The Kier molecular flexibility index (Phi) is 5.82. The molecule has 4 rings (SSSR count). The summed E-state index contributed by atoms with van der Waals surface area (Å²) in [5.74, 6) is -0.369. The molecule has 0 saturated carbocycles. The number of hydrogen-bond donors (Lipinski definition) is 0. The van der Waals surface area contributed by atoms with E-state index in [2.05, 4.69) is 6.58 Å². The van der Waals surface area contributed by atoms with Crippen molar-refractivity contribution in [2.45, 2.75) is 19.4 Å². The fourth-order valence-electron chi connectivity index (χ4n) is 3.79. The minimum atomic E-state index is -0.801. The summed E-state index contributed by atoms with van der Waals surface area (Å²) in [6, 6.07) is 8.62. The zero-order valence-corrected chi connectivity index (χ0v) is 17.9. The Morgan fingerprint density at radius 1 is 1.18 bits per heavy atom. The summed E-state index contributed by atoms with van der Waals surface area (Å²) in [6.45, 7) is 5.23. The van der Waals surface area contributed by atoms with Gasteiger partial charge in [0.1, 0.15) is 11.5 Å². The van der Waals surface area contributed by atoms with Gasteiger partial charge in [0.25, 0.3) is 17.5 Å². The first kappa shape index (κ1) is 22.0. The number of carbonyl (C=O) groups is 3. The lowest BCUT2D eigenvalue weighted by atomic mass is 10.1. The molecule has 2 aromatic carbocycles. The molecule has 33 heavy (non-hydrogen) atoms. The van der Waals surface area contributed by atoms with E-state index in [-0.39, 0.29) is 42.5 Å². The Labute approximate surface area is 189 Å². The number of benzene rings is 2. The van der Waals surface area contributed by atoms with Gasteiger partial charge < -0.3 is 14.4 Å². The molecule has 1 atom stereocenters. The number of rotatable bonds is 7. The van der Waals surface area contributed by atoms with Crippen LogP contribution in [0, 0.1) is 10.1 Å². The van der Waals surface area contributed by atoms with Crippen LogP contribution in [0.25, 0.3) is 0 Å². The molecule has 0 fully saturated rings. The van der Waals surface area contributed by atoms with E-state index < -0.39 is 22.7 Å². The van der Waals surface area contributed by atoms with E-state index in [1.807, 2.05) is 0 Å². The average molecular weight is 451 g/mol. The molecule has 2 aliphatic rings. The molecule has 1 unspecified atom stereocenters. The maximum Gasteiger partial charge on any atom is 0.271 e. The second-order valence-electron chi connectivity index (χ2n) is 7.54. The summed E-state index contributed by atoms with van der Waals surface area (Å²) in [5.41, 5.74) is 0.646. The Morgan fingerprint density at radius 2 is 1.91 bits per heavy atom. The molecule has 0 spiro atoms. The Hall–Kier alpha value is -4.21. The molecule has 0 bridgehead atoms. The zero-order valence-electron chi connectivity index (χ0n) is 17.9. The number of nitro groups is 1. The van der Waals surface area contributed by atoms with Gasteiger partial charge in [-0.2, -0.15) is 0 Å². The van der Waals surface area contributed by atoms with E-state index in [0.717, 1.165) is 0 Å². The topological polar surface area (TPSA) is 119 Å². The standard InChI is InChI=1S/C23H21N3O7/c1-3-9-24-16-10-14(5-7-20(16)32-13-22(24)28)18(27)12-25-17-11-15(26(30)31)6-8-21(17)33-19(4-2)23(25)29/h3,5-8,10-11,19H,1,4,9,12-13H2,2H3. The molecule has 2 aliphatic heterocycles. The van der Waals surface area contributed by atoms with Gasteiger partial charge in [-0.05, 0) is 30.7 Å². The molecule has 0 radical (unpaired) electrons. The highest BCUT2D eigenvalue weighted by atomic mass is 16.6. The molecule has 2 amide bonds. The second-order valence-corrected chi connectivity index (χ2v) is 7.54. The summed E-state index contributed by atoms with van der Waals surface area (Å²) >= 11 is 0. The second kappa shape index (κ2) is 8.73. The number of amides is 2. The van der Waals surface area contributed by atoms with E-state index in [4.69, 9.17) is 9.47 Å². The van der Waals surface area contributed by atoms with Crippen LogP contribution in [0.15, 0.2) is 49.1 Å². The quantitative estimate of drug-likeness (QED) is 0.275. The van der Waals surface area contributed by atoms with Gasteiger partial charge in [0, 0.05) is 24.2 Å². The molecule has 10 heteroatoms. The van der Waals surface area contributed by atoms with Crippen molar-refractivity contribution >= 4 is 34.7 Å². The van der Waals surface area contributed by atoms with Gasteiger partial charge >= 0.3 is 0 Å². The molecular formula is C23H21N3O7. The van der Waals surface area contributed by atoms with Crippen molar-refractivity contribution in [2.75, 3.05) is 29.5 Å². The fraction of sp³-hybridized carbons (Fsp3) is 0.261. The van der Waals surface area contributed by atoms with Gasteiger partial charge in [0.2, 0.25) is 0 Å². The lowest BCUT2D eigenvalue weighted by molar-refractivity contribution is -0.384. The Morgan fingerprint density at radius 3 is 2.61 bits per heavy atom. The molecule has 0 aliphatic carbocycles. The van der Waals surface area contributed by atoms with Crippen molar-refractivity contribution in [3.63, 3.8) is 0 Å². The highest BCUT2D eigenvalue weighted by Crippen LogP contribution is 2.38. The van der Waals surface area contributed by atoms with Gasteiger partial charge in [0.15, 0.2) is 18.5 Å². The number of anilines is 2. The highest BCUT2D eigenvalue weighted by Gasteiger charge is 2.36. The molecule has 0 saturated heterocycles. The van der Waals surface area contributed by atoms with E-state index in [0.29, 0.717) is 23.6 Å². The van der Waals surface area contributed by atoms with Crippen LogP contribution >= 0.6 is 0 Å². The van der Waals surface area contributed by atoms with E-state index in [1.165, 1.54) is 34.1 Å². The first-order valence-electron chi connectivity index (χ1n) is 10.3. The van der Waals surface area contributed by atoms with Crippen molar-refractivity contribution < 1.29 is 28.8 Å². The molecule has 0 aromatic heterocycles. The molecule has 2 aromatic rings. The summed E-state index contributed by atoms with van der Waals surface area (Å²) in [5, 5.41) is 11.2. The first-order valence-corrected chi connectivity index (χ1v) is 10.3. The average Bonchev–Trinajstić information content (AvgIpc) is 2.81. The van der Waals surface area contributed by atoms with Gasteiger partial charge in [-0.1, -0.05) is 13.0 Å². The van der Waals surface area contributed by atoms with Gasteiger partial charge in [-0.3, -0.25) is 29.4 Å². The highest BCUT2D eigenvalue weighted by molar-refractivity contribution is 6.09. The number of fused-ring (bicyclic) bond motifs is 2. The van der Waals surface area contributed by atoms with Crippen LogP contribution < -0.4 is 19.3 Å². The lowest BCUT2D eigenvalue weighted by Gasteiger charge is -2.33. The van der Waals surface area contributed by atoms with Crippen LogP contribution in [0.4, 0.5) is 17.1 Å². The monoisotopic (exact) mass is 451 g/mol. The predicted molar refractivity (Wildman–Crippen MR) is 119 cm³/mol. The SMILES string of the molecule is C=CCN1C(=O)COc2ccc(C(=O)CN3C(=O)C(CC)Oc4ccc([N+](=O)[O-])cc43)cc21. The van der Waals surface area contributed by atoms with Gasteiger partial charge in [-0.15, -0.1) is 6.58 Å². The number of non-ortho nitro benzene ring substituents is 1. The van der Waals surface area contributed by atoms with Crippen molar-refractivity contribution in [2.24, 2.45) is 0 Å². The number of nitro benzene ring substituents is 1. The van der Waals surface area contributed by atoms with Crippen molar-refractivity contribution in [3.05, 3.63) is 64.7 Å². The third kappa shape index (κ3) is 4.02. The first-order chi connectivity index (χ1) is 15.8. The molecule has 2 heterocycles. The largest absolute Gasteiger partial charge is 0.482 e. The predicted octanol–water partition coefficient (Wildman–Crippen LogP) is 2.89.